The Morgan fingerprint density at radius 2 is 1.51 bits per heavy atom. The van der Waals surface area contributed by atoms with Gasteiger partial charge in [0.05, 0.1) is 39.3 Å². The molecule has 0 spiro atoms. The Morgan fingerprint density at radius 3 is 2.19 bits per heavy atom. The van der Waals surface area contributed by atoms with Gasteiger partial charge in [0.25, 0.3) is 11.8 Å². The van der Waals surface area contributed by atoms with E-state index >= 15 is 0 Å². The Bertz CT molecular complexity index is 3040. The number of nitrogens with one attached hydrogen (secondary N) is 3. The molecule has 17 heteroatoms. The molecule has 2 aromatic heterocycles. The molecule has 0 radical (unpaired) electrons. The fourth-order valence-corrected chi connectivity index (χ4v) is 9.99. The minimum atomic E-state index is -1.03. The number of amides is 4. The van der Waals surface area contributed by atoms with Crippen LogP contribution in [-0.2, 0) is 14.4 Å². The Morgan fingerprint density at radius 1 is 0.857 bits per heavy atom. The lowest BCUT2D eigenvalue weighted by atomic mass is 9.85. The van der Waals surface area contributed by atoms with Crippen molar-refractivity contribution < 1.29 is 44.0 Å². The second kappa shape index (κ2) is 21.0. The number of benzene rings is 5. The number of thiophene rings is 1. The van der Waals surface area contributed by atoms with E-state index in [1.807, 2.05) is 58.9 Å². The average molecular weight is 981 g/mol. The molecule has 1 aliphatic heterocycles. The summed E-state index contributed by atoms with van der Waals surface area (Å²) < 4.78 is 12.9. The molecule has 8 rings (SSSR count). The summed E-state index contributed by atoms with van der Waals surface area (Å²) in [5.41, 5.74) is 8.25. The second-order valence-electron chi connectivity index (χ2n) is 18.1. The number of likely N-dealkylation sites (tertiary alicyclic amines) is 1. The molecule has 1 aliphatic rings. The highest BCUT2D eigenvalue weighted by Gasteiger charge is 2.44. The van der Waals surface area contributed by atoms with Gasteiger partial charge in [-0.1, -0.05) is 45.0 Å². The summed E-state index contributed by atoms with van der Waals surface area (Å²) in [6.45, 7) is 8.80. The Labute approximate surface area is 412 Å². The topological polar surface area (TPSA) is 212 Å². The number of fused-ring (bicyclic) bond motifs is 1. The van der Waals surface area contributed by atoms with Crippen LogP contribution >= 0.6 is 22.7 Å². The number of phenolic OH excluding ortho intramolecular Hbond substituents is 2. The predicted molar refractivity (Wildman–Crippen MR) is 270 cm³/mol. The number of carbonyl (C=O) groups excluding carboxylic acids is 4. The number of thiazole rings is 1. The summed E-state index contributed by atoms with van der Waals surface area (Å²) in [5.74, 6) is -0.159. The third-order valence-electron chi connectivity index (χ3n) is 11.8. The van der Waals surface area contributed by atoms with Gasteiger partial charge in [0, 0.05) is 28.6 Å². The number of aromatic nitrogens is 1. The number of phenols is 2. The highest BCUT2D eigenvalue weighted by atomic mass is 32.1. The number of aliphatic hydroxyl groups excluding tert-OH is 1. The molecule has 4 amide bonds. The van der Waals surface area contributed by atoms with Gasteiger partial charge in [0.15, 0.2) is 12.4 Å². The Kier molecular flexibility index (Phi) is 14.6. The number of ether oxygens (including phenoxy) is 2. The molecule has 7 aromatic rings. The Hall–Kier alpha value is -7.60. The van der Waals surface area contributed by atoms with Crippen LogP contribution in [0.1, 0.15) is 67.3 Å². The van der Waals surface area contributed by atoms with Crippen LogP contribution in [0.5, 0.6) is 28.7 Å². The van der Waals surface area contributed by atoms with E-state index in [-0.39, 0.29) is 30.5 Å². The van der Waals surface area contributed by atoms with E-state index in [9.17, 15) is 34.5 Å². The van der Waals surface area contributed by atoms with Crippen LogP contribution in [-0.4, -0.2) is 86.4 Å². The average Bonchev–Trinajstić information content (AvgIpc) is 4.06. The first-order valence-electron chi connectivity index (χ1n) is 22.5. The van der Waals surface area contributed by atoms with Gasteiger partial charge in [-0.05, 0) is 133 Å². The molecular weight excluding hydrogens is 929 g/mol. The van der Waals surface area contributed by atoms with Gasteiger partial charge in [-0.15, -0.1) is 22.7 Å². The molecule has 5 aromatic carbocycles. The normalized spacial score (nSPS) is 15.7. The van der Waals surface area contributed by atoms with Gasteiger partial charge in [-0.3, -0.25) is 19.2 Å². The molecule has 0 saturated carbocycles. The number of aromatic hydroxyl groups is 2. The van der Waals surface area contributed by atoms with Crippen LogP contribution in [0.3, 0.4) is 0 Å². The number of nitrogens with zero attached hydrogens (tertiary/aromatic N) is 3. The summed E-state index contributed by atoms with van der Waals surface area (Å²) in [5, 5.41) is 41.3. The standard InChI is InChI=1S/C53H52N6O9S2/c1-30(33-8-10-34(11-9-33)47-31(2)54-29-69-47)56-51(65)43-24-39(62)27-59(43)52(66)49(53(3,4)5)57-45(63)28-67-40-19-6-32(7-20-40)26-55-58-50(64)36-14-21-41(22-15-36)68-46-42-23-18-38(61)25-44(42)70-48(46)35-12-16-37(60)17-13-35/h6-23,25-26,29-30,39,43,49,60-62H,24,27-28H2,1-5H3,(H,56,65)(H,57,63)(H,58,64). The van der Waals surface area contributed by atoms with E-state index in [1.165, 1.54) is 22.5 Å². The lowest BCUT2D eigenvalue weighted by Gasteiger charge is -2.35. The van der Waals surface area contributed by atoms with Gasteiger partial charge >= 0.3 is 0 Å². The molecule has 4 atom stereocenters. The molecule has 3 heterocycles. The zero-order valence-electron chi connectivity index (χ0n) is 39.0. The minimum absolute atomic E-state index is 0.0528. The first-order chi connectivity index (χ1) is 33.5. The number of β-amino-alcohol motifs (C(OH)–C–C–N with tert-alkyl or cyclic N) is 1. The van der Waals surface area contributed by atoms with E-state index in [1.54, 1.807) is 108 Å². The van der Waals surface area contributed by atoms with Gasteiger partial charge in [0.1, 0.15) is 35.1 Å². The number of carbonyl (C=O) groups is 4. The van der Waals surface area contributed by atoms with Crippen LogP contribution in [0, 0.1) is 12.3 Å². The summed E-state index contributed by atoms with van der Waals surface area (Å²) in [4.78, 5) is 61.6. The molecule has 1 saturated heterocycles. The van der Waals surface area contributed by atoms with E-state index in [2.05, 4.69) is 26.1 Å². The summed E-state index contributed by atoms with van der Waals surface area (Å²) in [6.07, 6.45) is 0.612. The molecule has 4 unspecified atom stereocenters. The second-order valence-corrected chi connectivity index (χ2v) is 20.0. The lowest BCUT2D eigenvalue weighted by Crippen LogP contribution is -2.58. The maximum Gasteiger partial charge on any atom is 0.271 e. The number of rotatable bonds is 15. The predicted octanol–water partition coefficient (Wildman–Crippen LogP) is 8.72. The van der Waals surface area contributed by atoms with Crippen LogP contribution < -0.4 is 25.5 Å². The maximum absolute atomic E-state index is 14.1. The van der Waals surface area contributed by atoms with Crippen molar-refractivity contribution in [2.75, 3.05) is 13.2 Å². The summed E-state index contributed by atoms with van der Waals surface area (Å²) in [6, 6.07) is 30.6. The molecule has 1 fully saturated rings. The van der Waals surface area contributed by atoms with Gasteiger partial charge in [-0.2, -0.15) is 5.10 Å². The van der Waals surface area contributed by atoms with Crippen molar-refractivity contribution in [3.8, 4) is 49.6 Å². The third kappa shape index (κ3) is 11.5. The molecular formula is C53H52N6O9S2. The van der Waals surface area contributed by atoms with Crippen molar-refractivity contribution >= 4 is 62.6 Å². The van der Waals surface area contributed by atoms with Crippen molar-refractivity contribution in [1.29, 1.82) is 0 Å². The third-order valence-corrected chi connectivity index (χ3v) is 13.9. The highest BCUT2D eigenvalue weighted by Crippen LogP contribution is 2.47. The van der Waals surface area contributed by atoms with E-state index < -0.39 is 53.8 Å². The number of hydrazone groups is 1. The smallest absolute Gasteiger partial charge is 0.271 e. The zero-order chi connectivity index (χ0) is 49.7. The summed E-state index contributed by atoms with van der Waals surface area (Å²) >= 11 is 3.01. The highest BCUT2D eigenvalue weighted by molar-refractivity contribution is 7.22. The summed E-state index contributed by atoms with van der Waals surface area (Å²) in [7, 11) is 0. The minimum Gasteiger partial charge on any atom is -0.508 e. The number of aryl methyl sites for hydroxylation is 1. The first-order valence-corrected chi connectivity index (χ1v) is 24.2. The quantitative estimate of drug-likeness (QED) is 0.0425. The molecule has 0 aliphatic carbocycles. The largest absolute Gasteiger partial charge is 0.508 e. The van der Waals surface area contributed by atoms with Gasteiger partial charge < -0.3 is 40.3 Å². The molecule has 6 N–H and O–H groups in total. The van der Waals surface area contributed by atoms with Gasteiger partial charge in [-0.25, -0.2) is 10.4 Å². The molecule has 70 heavy (non-hydrogen) atoms. The van der Waals surface area contributed by atoms with E-state index in [4.69, 9.17) is 9.47 Å². The zero-order valence-corrected chi connectivity index (χ0v) is 40.6. The maximum atomic E-state index is 14.1. The van der Waals surface area contributed by atoms with E-state index in [0.717, 1.165) is 42.2 Å². The lowest BCUT2D eigenvalue weighted by molar-refractivity contribution is -0.144. The molecule has 360 valence electrons. The van der Waals surface area contributed by atoms with Crippen molar-refractivity contribution in [2.24, 2.45) is 10.5 Å². The number of aliphatic hydroxyl groups is 1. The van der Waals surface area contributed by atoms with Crippen LogP contribution in [0.2, 0.25) is 0 Å². The van der Waals surface area contributed by atoms with Crippen LogP contribution in [0.25, 0.3) is 31.0 Å². The molecule has 15 nitrogen and oxygen atoms in total. The van der Waals surface area contributed by atoms with Gasteiger partial charge in [0.2, 0.25) is 11.8 Å². The fraction of sp³-hybridized carbons (Fsp3) is 0.245. The van der Waals surface area contributed by atoms with E-state index in [0.29, 0.717) is 28.4 Å². The van der Waals surface area contributed by atoms with Crippen molar-refractivity contribution in [1.82, 2.24) is 25.9 Å². The number of hydrogen-bond acceptors (Lipinski definition) is 13. The first kappa shape index (κ1) is 48.8. The molecule has 0 bridgehead atoms. The van der Waals surface area contributed by atoms with Crippen LogP contribution in [0.15, 0.2) is 126 Å². The van der Waals surface area contributed by atoms with Crippen molar-refractivity contribution in [2.45, 2.75) is 65.3 Å². The number of hydrogen-bond donors (Lipinski definition) is 6. The van der Waals surface area contributed by atoms with Crippen molar-refractivity contribution in [3.05, 3.63) is 143 Å². The van der Waals surface area contributed by atoms with Crippen LogP contribution in [0.4, 0.5) is 0 Å². The SMILES string of the molecule is Cc1ncsc1-c1ccc(C(C)NC(=O)C2CC(O)CN2C(=O)C(NC(=O)COc2ccc(C=NNC(=O)c3ccc(Oc4c(-c5ccc(O)cc5)sc5cc(O)ccc45)cc3)cc2)C(C)(C)C)cc1. The fourth-order valence-electron chi connectivity index (χ4n) is 8.01. The Balaban J connectivity index is 0.819. The van der Waals surface area contributed by atoms with Crippen molar-refractivity contribution in [3.63, 3.8) is 0 Å². The monoisotopic (exact) mass is 980 g/mol.